The van der Waals surface area contributed by atoms with Crippen molar-refractivity contribution >= 4 is 12.4 Å². The van der Waals surface area contributed by atoms with Gasteiger partial charge in [-0.2, -0.15) is 0 Å². The van der Waals surface area contributed by atoms with Crippen molar-refractivity contribution in [3.8, 4) is 0 Å². The summed E-state index contributed by atoms with van der Waals surface area (Å²) in [7, 11) is 0. The van der Waals surface area contributed by atoms with Gasteiger partial charge in [0.25, 0.3) is 0 Å². The monoisotopic (exact) mass is 278 g/mol. The van der Waals surface area contributed by atoms with Crippen LogP contribution in [0.1, 0.15) is 25.7 Å². The van der Waals surface area contributed by atoms with Crippen LogP contribution in [0.3, 0.4) is 0 Å². The third-order valence-corrected chi connectivity index (χ3v) is 3.82. The number of rotatable bonds is 5. The lowest BCUT2D eigenvalue weighted by Gasteiger charge is -2.36. The first-order valence-corrected chi connectivity index (χ1v) is 7.04. The molecule has 108 valence electrons. The SMILES string of the molecule is Cl.OCCOC1CCCN(CC2CCCNC2)C1. The van der Waals surface area contributed by atoms with Crippen molar-refractivity contribution < 1.29 is 9.84 Å². The molecule has 2 rings (SSSR count). The molecule has 0 saturated carbocycles. The van der Waals surface area contributed by atoms with Gasteiger partial charge in [-0.1, -0.05) is 0 Å². The average molecular weight is 279 g/mol. The zero-order chi connectivity index (χ0) is 11.9. The van der Waals surface area contributed by atoms with Crippen molar-refractivity contribution in [3.05, 3.63) is 0 Å². The first kappa shape index (κ1) is 16.2. The number of aliphatic hydroxyl groups excluding tert-OH is 1. The van der Waals surface area contributed by atoms with Crippen molar-refractivity contribution in [2.24, 2.45) is 5.92 Å². The van der Waals surface area contributed by atoms with Gasteiger partial charge in [0.05, 0.1) is 19.3 Å². The van der Waals surface area contributed by atoms with E-state index in [1.54, 1.807) is 0 Å². The summed E-state index contributed by atoms with van der Waals surface area (Å²) < 4.78 is 5.64. The molecule has 0 aromatic heterocycles. The molecule has 4 nitrogen and oxygen atoms in total. The zero-order valence-corrected chi connectivity index (χ0v) is 12.0. The highest BCUT2D eigenvalue weighted by Crippen LogP contribution is 2.17. The van der Waals surface area contributed by atoms with Gasteiger partial charge in [-0.3, -0.25) is 0 Å². The van der Waals surface area contributed by atoms with Crippen LogP contribution < -0.4 is 5.32 Å². The second-order valence-electron chi connectivity index (χ2n) is 5.33. The molecule has 0 amide bonds. The fraction of sp³-hybridized carbons (Fsp3) is 1.00. The maximum atomic E-state index is 8.78. The third-order valence-electron chi connectivity index (χ3n) is 3.82. The Hall–Kier alpha value is 0.130. The number of aliphatic hydroxyl groups is 1. The molecule has 0 aromatic rings. The van der Waals surface area contributed by atoms with Crippen LogP contribution in [0.15, 0.2) is 0 Å². The largest absolute Gasteiger partial charge is 0.394 e. The number of likely N-dealkylation sites (tertiary alicyclic amines) is 1. The highest BCUT2D eigenvalue weighted by atomic mass is 35.5. The van der Waals surface area contributed by atoms with Crippen LogP contribution in [-0.4, -0.2) is 62.0 Å². The van der Waals surface area contributed by atoms with E-state index < -0.39 is 0 Å². The number of nitrogens with zero attached hydrogens (tertiary/aromatic N) is 1. The van der Waals surface area contributed by atoms with E-state index in [-0.39, 0.29) is 19.0 Å². The van der Waals surface area contributed by atoms with Crippen molar-refractivity contribution in [2.45, 2.75) is 31.8 Å². The van der Waals surface area contributed by atoms with Crippen molar-refractivity contribution in [1.82, 2.24) is 10.2 Å². The number of hydrogen-bond donors (Lipinski definition) is 2. The second kappa shape index (κ2) is 9.10. The van der Waals surface area contributed by atoms with Gasteiger partial charge in [0.15, 0.2) is 0 Å². The quantitative estimate of drug-likeness (QED) is 0.784. The Morgan fingerprint density at radius 3 is 2.89 bits per heavy atom. The number of halogens is 1. The van der Waals surface area contributed by atoms with E-state index in [4.69, 9.17) is 9.84 Å². The minimum absolute atomic E-state index is 0. The summed E-state index contributed by atoms with van der Waals surface area (Å²) in [5.74, 6) is 0.820. The van der Waals surface area contributed by atoms with E-state index in [1.807, 2.05) is 0 Å². The molecule has 0 radical (unpaired) electrons. The summed E-state index contributed by atoms with van der Waals surface area (Å²) in [6.45, 7) is 6.49. The fourth-order valence-electron chi connectivity index (χ4n) is 2.98. The van der Waals surface area contributed by atoms with Gasteiger partial charge in [0, 0.05) is 13.1 Å². The summed E-state index contributed by atoms with van der Waals surface area (Å²) in [5, 5.41) is 12.3. The molecule has 2 unspecified atom stereocenters. The molecule has 2 fully saturated rings. The smallest absolute Gasteiger partial charge is 0.0703 e. The van der Waals surface area contributed by atoms with Crippen LogP contribution in [0.25, 0.3) is 0 Å². The minimum Gasteiger partial charge on any atom is -0.394 e. The molecule has 2 N–H and O–H groups in total. The minimum atomic E-state index is 0. The van der Waals surface area contributed by atoms with Crippen LogP contribution in [0.5, 0.6) is 0 Å². The molecule has 0 aromatic carbocycles. The average Bonchev–Trinajstić information content (AvgIpc) is 2.38. The molecule has 2 aliphatic heterocycles. The first-order chi connectivity index (χ1) is 8.38. The first-order valence-electron chi connectivity index (χ1n) is 7.04. The molecule has 2 heterocycles. The summed E-state index contributed by atoms with van der Waals surface area (Å²) in [6, 6.07) is 0. The number of hydrogen-bond acceptors (Lipinski definition) is 4. The van der Waals surface area contributed by atoms with Crippen LogP contribution in [0.4, 0.5) is 0 Å². The van der Waals surface area contributed by atoms with Gasteiger partial charge < -0.3 is 20.1 Å². The molecule has 2 aliphatic rings. The molecule has 0 spiro atoms. The van der Waals surface area contributed by atoms with Crippen LogP contribution >= 0.6 is 12.4 Å². The van der Waals surface area contributed by atoms with E-state index >= 15 is 0 Å². The Morgan fingerprint density at radius 2 is 2.17 bits per heavy atom. The predicted octanol–water partition coefficient (Wildman–Crippen LogP) is 0.881. The number of nitrogens with one attached hydrogen (secondary N) is 1. The fourth-order valence-corrected chi connectivity index (χ4v) is 2.98. The van der Waals surface area contributed by atoms with Gasteiger partial charge in [0.1, 0.15) is 0 Å². The van der Waals surface area contributed by atoms with E-state index in [0.29, 0.717) is 12.7 Å². The van der Waals surface area contributed by atoms with Crippen molar-refractivity contribution in [1.29, 1.82) is 0 Å². The summed E-state index contributed by atoms with van der Waals surface area (Å²) in [4.78, 5) is 2.54. The van der Waals surface area contributed by atoms with E-state index in [2.05, 4.69) is 10.2 Å². The Balaban J connectivity index is 0.00000162. The molecule has 2 atom stereocenters. The number of piperidine rings is 2. The van der Waals surface area contributed by atoms with E-state index in [1.165, 1.54) is 45.4 Å². The lowest BCUT2D eigenvalue weighted by Crippen LogP contribution is -2.45. The zero-order valence-electron chi connectivity index (χ0n) is 11.1. The Morgan fingerprint density at radius 1 is 1.28 bits per heavy atom. The van der Waals surface area contributed by atoms with E-state index in [9.17, 15) is 0 Å². The molecule has 18 heavy (non-hydrogen) atoms. The highest BCUT2D eigenvalue weighted by molar-refractivity contribution is 5.85. The normalized spacial score (nSPS) is 29.8. The molecular weight excluding hydrogens is 252 g/mol. The molecule has 0 aliphatic carbocycles. The Kier molecular flexibility index (Phi) is 8.18. The van der Waals surface area contributed by atoms with Gasteiger partial charge in [-0.05, 0) is 51.2 Å². The summed E-state index contributed by atoms with van der Waals surface area (Å²) in [5.41, 5.74) is 0. The molecule has 2 saturated heterocycles. The van der Waals surface area contributed by atoms with E-state index in [0.717, 1.165) is 18.9 Å². The number of ether oxygens (including phenoxy) is 1. The molecular formula is C13H27ClN2O2. The highest BCUT2D eigenvalue weighted by Gasteiger charge is 2.23. The van der Waals surface area contributed by atoms with Gasteiger partial charge >= 0.3 is 0 Å². The maximum absolute atomic E-state index is 8.78. The lowest BCUT2D eigenvalue weighted by atomic mass is 9.97. The van der Waals surface area contributed by atoms with Gasteiger partial charge in [-0.15, -0.1) is 12.4 Å². The van der Waals surface area contributed by atoms with Gasteiger partial charge in [-0.25, -0.2) is 0 Å². The van der Waals surface area contributed by atoms with Crippen LogP contribution in [-0.2, 0) is 4.74 Å². The lowest BCUT2D eigenvalue weighted by molar-refractivity contribution is -0.0181. The van der Waals surface area contributed by atoms with Crippen LogP contribution in [0.2, 0.25) is 0 Å². The van der Waals surface area contributed by atoms with Crippen molar-refractivity contribution in [3.63, 3.8) is 0 Å². The van der Waals surface area contributed by atoms with Crippen LogP contribution in [0, 0.1) is 5.92 Å². The third kappa shape index (κ3) is 5.41. The van der Waals surface area contributed by atoms with Gasteiger partial charge in [0.2, 0.25) is 0 Å². The summed E-state index contributed by atoms with van der Waals surface area (Å²) in [6.07, 6.45) is 5.41. The maximum Gasteiger partial charge on any atom is 0.0703 e. The molecule has 0 bridgehead atoms. The summed E-state index contributed by atoms with van der Waals surface area (Å²) >= 11 is 0. The van der Waals surface area contributed by atoms with Crippen molar-refractivity contribution in [2.75, 3.05) is 45.9 Å². The Labute approximate surface area is 116 Å². The molecule has 5 heteroatoms. The Bertz CT molecular complexity index is 213. The topological polar surface area (TPSA) is 44.7 Å². The second-order valence-corrected chi connectivity index (χ2v) is 5.33. The predicted molar refractivity (Wildman–Crippen MR) is 75.3 cm³/mol. The standard InChI is InChI=1S/C13H26N2O2.ClH/c16-7-8-17-13-4-2-6-15(11-13)10-12-3-1-5-14-9-12;/h12-14,16H,1-11H2;1H.